The second-order valence-corrected chi connectivity index (χ2v) is 4.13. The molecule has 0 atom stereocenters. The van der Waals surface area contributed by atoms with Crippen molar-refractivity contribution >= 4 is 12.2 Å². The summed E-state index contributed by atoms with van der Waals surface area (Å²) in [5, 5.41) is 0. The molecular weight excluding hydrogens is 234 g/mol. The summed E-state index contributed by atoms with van der Waals surface area (Å²) in [6.45, 7) is 3.83. The lowest BCUT2D eigenvalue weighted by Crippen LogP contribution is -1.97. The van der Waals surface area contributed by atoms with Crippen LogP contribution in [-0.2, 0) is 0 Å². The van der Waals surface area contributed by atoms with Gasteiger partial charge in [-0.25, -0.2) is 4.98 Å². The Kier molecular flexibility index (Phi) is 3.19. The summed E-state index contributed by atoms with van der Waals surface area (Å²) < 4.78 is 5.77. The first-order valence-electron chi connectivity index (χ1n) is 5.18. The van der Waals surface area contributed by atoms with E-state index in [2.05, 4.69) is 15.0 Å². The van der Waals surface area contributed by atoms with Crippen molar-refractivity contribution in [3.05, 3.63) is 34.5 Å². The van der Waals surface area contributed by atoms with Crippen molar-refractivity contribution < 1.29 is 4.74 Å². The highest BCUT2D eigenvalue weighted by molar-refractivity contribution is 7.71. The molecule has 1 N–H and O–H groups in total. The summed E-state index contributed by atoms with van der Waals surface area (Å²) in [5.41, 5.74) is 2.83. The first-order valence-corrected chi connectivity index (χ1v) is 5.59. The lowest BCUT2D eigenvalue weighted by molar-refractivity contribution is 0.413. The van der Waals surface area contributed by atoms with Gasteiger partial charge in [0.15, 0.2) is 0 Å². The molecule has 2 rings (SSSR count). The predicted octanol–water partition coefficient (Wildman–Crippen LogP) is 2.83. The molecule has 0 saturated heterocycles. The molecule has 0 aromatic carbocycles. The van der Waals surface area contributed by atoms with Gasteiger partial charge in [0.05, 0.1) is 19.0 Å². The van der Waals surface area contributed by atoms with E-state index in [1.54, 1.807) is 19.5 Å². The van der Waals surface area contributed by atoms with Crippen molar-refractivity contribution in [2.24, 2.45) is 0 Å². The van der Waals surface area contributed by atoms with Crippen LogP contribution in [-0.4, -0.2) is 22.1 Å². The van der Waals surface area contributed by atoms with Crippen molar-refractivity contribution in [3.8, 4) is 17.0 Å². The fraction of sp³-hybridized carbons (Fsp3) is 0.250. The Morgan fingerprint density at radius 2 is 2.06 bits per heavy atom. The van der Waals surface area contributed by atoms with Gasteiger partial charge in [0.2, 0.25) is 0 Å². The van der Waals surface area contributed by atoms with Crippen LogP contribution in [0.3, 0.4) is 0 Å². The van der Waals surface area contributed by atoms with E-state index in [0.717, 1.165) is 28.4 Å². The van der Waals surface area contributed by atoms with Crippen LogP contribution in [0.15, 0.2) is 18.5 Å². The number of rotatable bonds is 2. The van der Waals surface area contributed by atoms with E-state index in [9.17, 15) is 0 Å². The van der Waals surface area contributed by atoms with Crippen LogP contribution < -0.4 is 4.74 Å². The Morgan fingerprint density at radius 1 is 1.29 bits per heavy atom. The van der Waals surface area contributed by atoms with E-state index in [1.165, 1.54) is 0 Å². The summed E-state index contributed by atoms with van der Waals surface area (Å²) in [6, 6.07) is 1.92. The number of aromatic amines is 1. The molecule has 5 heteroatoms. The highest BCUT2D eigenvalue weighted by atomic mass is 32.1. The molecule has 0 radical (unpaired) electrons. The minimum Gasteiger partial charge on any atom is -0.495 e. The van der Waals surface area contributed by atoms with E-state index in [0.29, 0.717) is 4.64 Å². The first kappa shape index (κ1) is 11.7. The molecule has 0 amide bonds. The van der Waals surface area contributed by atoms with E-state index < -0.39 is 0 Å². The summed E-state index contributed by atoms with van der Waals surface area (Å²) in [6.07, 6.45) is 3.44. The van der Waals surface area contributed by atoms with Crippen LogP contribution in [0.25, 0.3) is 11.3 Å². The van der Waals surface area contributed by atoms with Gasteiger partial charge in [-0.1, -0.05) is 12.2 Å². The Morgan fingerprint density at radius 3 is 2.76 bits per heavy atom. The lowest BCUT2D eigenvalue weighted by atomic mass is 10.1. The summed E-state index contributed by atoms with van der Waals surface area (Å²) in [5.74, 6) is 1.51. The van der Waals surface area contributed by atoms with Crippen LogP contribution >= 0.6 is 12.2 Å². The molecule has 17 heavy (non-hydrogen) atoms. The topological polar surface area (TPSA) is 50.8 Å². The zero-order valence-electron chi connectivity index (χ0n) is 9.94. The molecular formula is C12H13N3OS. The Hall–Kier alpha value is -1.75. The second kappa shape index (κ2) is 4.63. The number of hydrogen-bond donors (Lipinski definition) is 1. The fourth-order valence-electron chi connectivity index (χ4n) is 1.60. The summed E-state index contributed by atoms with van der Waals surface area (Å²) >= 11 is 5.21. The van der Waals surface area contributed by atoms with Crippen LogP contribution in [0.2, 0.25) is 0 Å². The first-order chi connectivity index (χ1) is 8.11. The average Bonchev–Trinajstić information content (AvgIpc) is 2.34. The van der Waals surface area contributed by atoms with Gasteiger partial charge in [-0.3, -0.25) is 4.98 Å². The molecule has 0 bridgehead atoms. The molecule has 0 aliphatic heterocycles. The van der Waals surface area contributed by atoms with Crippen LogP contribution in [0.1, 0.15) is 11.4 Å². The molecule has 0 aliphatic rings. The van der Waals surface area contributed by atoms with Crippen molar-refractivity contribution in [3.63, 3.8) is 0 Å². The number of methoxy groups -OCH3 is 1. The summed E-state index contributed by atoms with van der Waals surface area (Å²) in [7, 11) is 1.62. The van der Waals surface area contributed by atoms with E-state index in [-0.39, 0.29) is 0 Å². The van der Waals surface area contributed by atoms with Gasteiger partial charge in [0.25, 0.3) is 0 Å². The number of nitrogens with one attached hydrogen (secondary N) is 1. The number of nitrogens with zero attached hydrogens (tertiary/aromatic N) is 2. The Labute approximate surface area is 105 Å². The molecule has 4 nitrogen and oxygen atoms in total. The molecule has 0 spiro atoms. The molecule has 88 valence electrons. The predicted molar refractivity (Wildman–Crippen MR) is 68.7 cm³/mol. The van der Waals surface area contributed by atoms with Gasteiger partial charge in [-0.2, -0.15) is 0 Å². The number of H-pyrrole nitrogens is 1. The van der Waals surface area contributed by atoms with Crippen LogP contribution in [0.5, 0.6) is 5.75 Å². The minimum absolute atomic E-state index is 0.610. The van der Waals surface area contributed by atoms with Crippen molar-refractivity contribution in [1.82, 2.24) is 15.0 Å². The largest absolute Gasteiger partial charge is 0.495 e. The van der Waals surface area contributed by atoms with E-state index >= 15 is 0 Å². The SMILES string of the molecule is COc1cncc(-c2[nH]c(C)nc(=S)c2C)c1. The third-order valence-electron chi connectivity index (χ3n) is 2.51. The fourth-order valence-corrected chi connectivity index (χ4v) is 1.84. The zero-order chi connectivity index (χ0) is 12.4. The van der Waals surface area contributed by atoms with Gasteiger partial charge < -0.3 is 9.72 Å². The monoisotopic (exact) mass is 247 g/mol. The molecule has 0 saturated carbocycles. The number of aryl methyl sites for hydroxylation is 1. The number of pyridine rings is 1. The van der Waals surface area contributed by atoms with Crippen LogP contribution in [0.4, 0.5) is 0 Å². The lowest BCUT2D eigenvalue weighted by Gasteiger charge is -2.08. The summed E-state index contributed by atoms with van der Waals surface area (Å²) in [4.78, 5) is 11.6. The van der Waals surface area contributed by atoms with Crippen molar-refractivity contribution in [1.29, 1.82) is 0 Å². The quantitative estimate of drug-likeness (QED) is 0.829. The average molecular weight is 247 g/mol. The van der Waals surface area contributed by atoms with Gasteiger partial charge in [-0.05, 0) is 19.9 Å². The highest BCUT2D eigenvalue weighted by Gasteiger charge is 2.07. The maximum atomic E-state index is 5.21. The molecule has 2 aromatic rings. The third kappa shape index (κ3) is 2.34. The van der Waals surface area contributed by atoms with Crippen molar-refractivity contribution in [2.45, 2.75) is 13.8 Å². The minimum atomic E-state index is 0.610. The second-order valence-electron chi connectivity index (χ2n) is 3.74. The van der Waals surface area contributed by atoms with Gasteiger partial charge in [0, 0.05) is 17.3 Å². The normalized spacial score (nSPS) is 10.3. The van der Waals surface area contributed by atoms with E-state index in [4.69, 9.17) is 17.0 Å². The number of hydrogen-bond acceptors (Lipinski definition) is 4. The van der Waals surface area contributed by atoms with E-state index in [1.807, 2.05) is 19.9 Å². The molecule has 0 aliphatic carbocycles. The van der Waals surface area contributed by atoms with Crippen molar-refractivity contribution in [2.75, 3.05) is 7.11 Å². The molecule has 2 heterocycles. The van der Waals surface area contributed by atoms with Gasteiger partial charge >= 0.3 is 0 Å². The standard InChI is InChI=1S/C12H13N3OS/c1-7-11(14-8(2)15-12(7)17)9-4-10(16-3)6-13-5-9/h4-6H,1-3H3,(H,14,15,17). The number of ether oxygens (including phenoxy) is 1. The molecule has 0 fully saturated rings. The number of aromatic nitrogens is 3. The molecule has 0 unspecified atom stereocenters. The van der Waals surface area contributed by atoms with Gasteiger partial charge in [-0.15, -0.1) is 0 Å². The maximum absolute atomic E-state index is 5.21. The zero-order valence-corrected chi connectivity index (χ0v) is 10.8. The maximum Gasteiger partial charge on any atom is 0.137 e. The Bertz CT molecular complexity index is 607. The third-order valence-corrected chi connectivity index (χ3v) is 2.91. The van der Waals surface area contributed by atoms with Gasteiger partial charge in [0.1, 0.15) is 16.2 Å². The Balaban J connectivity index is 2.63. The van der Waals surface area contributed by atoms with Crippen LogP contribution in [0, 0.1) is 18.5 Å². The smallest absolute Gasteiger partial charge is 0.137 e. The highest BCUT2D eigenvalue weighted by Crippen LogP contribution is 2.23. The molecule has 2 aromatic heterocycles.